The van der Waals surface area contributed by atoms with E-state index in [-0.39, 0.29) is 0 Å². The third-order valence-electron chi connectivity index (χ3n) is 4.99. The fourth-order valence-corrected chi connectivity index (χ4v) is 3.63. The maximum Gasteiger partial charge on any atom is 0.194 e. The zero-order chi connectivity index (χ0) is 18.2. The Morgan fingerprint density at radius 2 is 1.81 bits per heavy atom. The van der Waals surface area contributed by atoms with Gasteiger partial charge in [-0.2, -0.15) is 0 Å². The molecule has 2 heterocycles. The molecule has 26 heavy (non-hydrogen) atoms. The van der Waals surface area contributed by atoms with Gasteiger partial charge in [-0.3, -0.25) is 14.9 Å². The molecule has 0 saturated carbocycles. The molecule has 1 fully saturated rings. The van der Waals surface area contributed by atoms with Gasteiger partial charge in [0.15, 0.2) is 5.96 Å². The standard InChI is InChI=1S/C21H29N5/c1-3-20(18-9-5-4-6-10-18)25-13-15-26(16-14-25)21(22-2)24-17-19-11-7-8-12-23-19/h4-12,20H,3,13-17H2,1-2H3,(H,22,24). The van der Waals surface area contributed by atoms with Gasteiger partial charge in [0, 0.05) is 45.5 Å². The fourth-order valence-electron chi connectivity index (χ4n) is 3.63. The van der Waals surface area contributed by atoms with Crippen LogP contribution in [0, 0.1) is 0 Å². The van der Waals surface area contributed by atoms with Crippen LogP contribution in [0.3, 0.4) is 0 Å². The number of aromatic nitrogens is 1. The number of rotatable bonds is 5. The predicted octanol–water partition coefficient (Wildman–Crippen LogP) is 2.93. The van der Waals surface area contributed by atoms with Crippen molar-refractivity contribution in [1.82, 2.24) is 20.1 Å². The highest BCUT2D eigenvalue weighted by atomic mass is 15.3. The SMILES string of the molecule is CCC(c1ccccc1)N1CCN(C(=NC)NCc2ccccn2)CC1. The fraction of sp³-hybridized carbons (Fsp3) is 0.429. The van der Waals surface area contributed by atoms with Gasteiger partial charge in [0.05, 0.1) is 12.2 Å². The second-order valence-corrected chi connectivity index (χ2v) is 6.58. The molecule has 138 valence electrons. The maximum absolute atomic E-state index is 4.46. The van der Waals surface area contributed by atoms with Gasteiger partial charge in [0.25, 0.3) is 0 Å². The average molecular weight is 351 g/mol. The lowest BCUT2D eigenvalue weighted by Crippen LogP contribution is -2.52. The highest BCUT2D eigenvalue weighted by Gasteiger charge is 2.25. The molecular weight excluding hydrogens is 322 g/mol. The van der Waals surface area contributed by atoms with Crippen LogP contribution in [0.4, 0.5) is 0 Å². The zero-order valence-corrected chi connectivity index (χ0v) is 15.8. The minimum Gasteiger partial charge on any atom is -0.351 e. The Labute approximate surface area is 156 Å². The van der Waals surface area contributed by atoms with Crippen molar-refractivity contribution >= 4 is 5.96 Å². The third-order valence-corrected chi connectivity index (χ3v) is 4.99. The number of pyridine rings is 1. The summed E-state index contributed by atoms with van der Waals surface area (Å²) >= 11 is 0. The van der Waals surface area contributed by atoms with Gasteiger partial charge in [-0.15, -0.1) is 0 Å². The second kappa shape index (κ2) is 9.34. The number of piperazine rings is 1. The first-order chi connectivity index (χ1) is 12.8. The van der Waals surface area contributed by atoms with Crippen LogP contribution in [0.15, 0.2) is 59.7 Å². The van der Waals surface area contributed by atoms with Crippen molar-refractivity contribution < 1.29 is 0 Å². The number of hydrogen-bond donors (Lipinski definition) is 1. The van der Waals surface area contributed by atoms with E-state index in [4.69, 9.17) is 0 Å². The van der Waals surface area contributed by atoms with E-state index in [0.717, 1.165) is 44.3 Å². The Kier molecular flexibility index (Phi) is 6.61. The molecule has 1 aromatic carbocycles. The highest BCUT2D eigenvalue weighted by Crippen LogP contribution is 2.25. The smallest absolute Gasteiger partial charge is 0.194 e. The Bertz CT molecular complexity index is 678. The lowest BCUT2D eigenvalue weighted by molar-refractivity contribution is 0.127. The van der Waals surface area contributed by atoms with Crippen LogP contribution in [0.5, 0.6) is 0 Å². The van der Waals surface area contributed by atoms with Gasteiger partial charge in [0.2, 0.25) is 0 Å². The van der Waals surface area contributed by atoms with Crippen LogP contribution in [-0.2, 0) is 6.54 Å². The summed E-state index contributed by atoms with van der Waals surface area (Å²) in [7, 11) is 1.85. The number of hydrogen-bond acceptors (Lipinski definition) is 3. The van der Waals surface area contributed by atoms with Crippen LogP contribution < -0.4 is 5.32 Å². The maximum atomic E-state index is 4.46. The number of nitrogens with zero attached hydrogens (tertiary/aromatic N) is 4. The lowest BCUT2D eigenvalue weighted by atomic mass is 10.0. The minimum atomic E-state index is 0.502. The molecule has 1 aliphatic rings. The summed E-state index contributed by atoms with van der Waals surface area (Å²) in [6.45, 7) is 7.07. The van der Waals surface area contributed by atoms with E-state index in [1.54, 1.807) is 0 Å². The number of guanidine groups is 1. The second-order valence-electron chi connectivity index (χ2n) is 6.58. The van der Waals surface area contributed by atoms with Crippen LogP contribution in [0.2, 0.25) is 0 Å². The molecule has 0 spiro atoms. The van der Waals surface area contributed by atoms with Crippen molar-refractivity contribution in [3.8, 4) is 0 Å². The summed E-state index contributed by atoms with van der Waals surface area (Å²) in [6, 6.07) is 17.3. The van der Waals surface area contributed by atoms with Crippen LogP contribution in [0.25, 0.3) is 0 Å². The molecule has 5 nitrogen and oxygen atoms in total. The number of nitrogens with one attached hydrogen (secondary N) is 1. The summed E-state index contributed by atoms with van der Waals surface area (Å²) in [6.07, 6.45) is 2.96. The van der Waals surface area contributed by atoms with Crippen molar-refractivity contribution in [3.63, 3.8) is 0 Å². The Hall–Kier alpha value is -2.40. The third kappa shape index (κ3) is 4.61. The molecule has 0 aliphatic carbocycles. The topological polar surface area (TPSA) is 43.8 Å². The highest BCUT2D eigenvalue weighted by molar-refractivity contribution is 5.79. The first-order valence-electron chi connectivity index (χ1n) is 9.46. The summed E-state index contributed by atoms with van der Waals surface area (Å²) in [4.78, 5) is 13.8. The van der Waals surface area contributed by atoms with E-state index >= 15 is 0 Å². The molecule has 1 atom stereocenters. The van der Waals surface area contributed by atoms with Gasteiger partial charge in [-0.25, -0.2) is 0 Å². The molecule has 2 aromatic rings. The van der Waals surface area contributed by atoms with Crippen molar-refractivity contribution in [3.05, 3.63) is 66.0 Å². The number of aliphatic imine (C=N–C) groups is 1. The summed E-state index contributed by atoms with van der Waals surface area (Å²) < 4.78 is 0. The van der Waals surface area contributed by atoms with Crippen molar-refractivity contribution in [1.29, 1.82) is 0 Å². The Morgan fingerprint density at radius 3 is 2.42 bits per heavy atom. The average Bonchev–Trinajstić information content (AvgIpc) is 2.72. The van der Waals surface area contributed by atoms with Gasteiger partial charge in [-0.1, -0.05) is 43.3 Å². The first kappa shape index (κ1) is 18.4. The van der Waals surface area contributed by atoms with Crippen molar-refractivity contribution in [2.75, 3.05) is 33.2 Å². The molecule has 1 N–H and O–H groups in total. The van der Waals surface area contributed by atoms with E-state index in [2.05, 4.69) is 62.3 Å². The largest absolute Gasteiger partial charge is 0.351 e. The molecule has 3 rings (SSSR count). The molecule has 5 heteroatoms. The first-order valence-corrected chi connectivity index (χ1v) is 9.46. The summed E-state index contributed by atoms with van der Waals surface area (Å²) in [5.41, 5.74) is 2.45. The van der Waals surface area contributed by atoms with Crippen LogP contribution >= 0.6 is 0 Å². The number of benzene rings is 1. The van der Waals surface area contributed by atoms with E-state index < -0.39 is 0 Å². The monoisotopic (exact) mass is 351 g/mol. The van der Waals surface area contributed by atoms with Crippen LogP contribution in [-0.4, -0.2) is 54.0 Å². The molecule has 1 aromatic heterocycles. The molecule has 0 bridgehead atoms. The minimum absolute atomic E-state index is 0.502. The Balaban J connectivity index is 1.55. The summed E-state index contributed by atoms with van der Waals surface area (Å²) in [5, 5.41) is 3.44. The molecule has 1 unspecified atom stereocenters. The van der Waals surface area contributed by atoms with Crippen molar-refractivity contribution in [2.24, 2.45) is 4.99 Å². The Morgan fingerprint density at radius 1 is 1.08 bits per heavy atom. The molecule has 1 saturated heterocycles. The van der Waals surface area contributed by atoms with E-state index in [9.17, 15) is 0 Å². The van der Waals surface area contributed by atoms with E-state index in [1.807, 2.05) is 31.4 Å². The molecule has 1 aliphatic heterocycles. The zero-order valence-electron chi connectivity index (χ0n) is 15.8. The molecule has 0 radical (unpaired) electrons. The van der Waals surface area contributed by atoms with Gasteiger partial charge >= 0.3 is 0 Å². The normalized spacial score (nSPS) is 17.2. The van der Waals surface area contributed by atoms with Gasteiger partial charge in [-0.05, 0) is 24.1 Å². The van der Waals surface area contributed by atoms with E-state index in [1.165, 1.54) is 5.56 Å². The molecular formula is C21H29N5. The van der Waals surface area contributed by atoms with Crippen LogP contribution in [0.1, 0.15) is 30.6 Å². The quantitative estimate of drug-likeness (QED) is 0.664. The lowest BCUT2D eigenvalue weighted by Gasteiger charge is -2.40. The van der Waals surface area contributed by atoms with Gasteiger partial charge < -0.3 is 10.2 Å². The predicted molar refractivity (Wildman–Crippen MR) is 107 cm³/mol. The van der Waals surface area contributed by atoms with E-state index in [0.29, 0.717) is 12.6 Å². The molecule has 0 amide bonds. The van der Waals surface area contributed by atoms with Crippen molar-refractivity contribution in [2.45, 2.75) is 25.9 Å². The van der Waals surface area contributed by atoms with Gasteiger partial charge in [0.1, 0.15) is 0 Å². The summed E-state index contributed by atoms with van der Waals surface area (Å²) in [5.74, 6) is 0.961.